The number of fused-ring (bicyclic) bond motifs is 2. The van der Waals surface area contributed by atoms with Gasteiger partial charge in [0.2, 0.25) is 5.91 Å². The van der Waals surface area contributed by atoms with Gasteiger partial charge in [0.05, 0.1) is 37.7 Å². The van der Waals surface area contributed by atoms with Crippen molar-refractivity contribution in [1.82, 2.24) is 30.3 Å². The molecule has 6 rings (SSSR count). The fraction of sp³-hybridized carbons (Fsp3) is 0.378. The Morgan fingerprint density at radius 2 is 1.94 bits per heavy atom. The average molecular weight is 667 g/mol. The number of methoxy groups -OCH3 is 1. The maximum absolute atomic E-state index is 13.6. The molecule has 1 aliphatic heterocycles. The Kier molecular flexibility index (Phi) is 9.84. The van der Waals surface area contributed by atoms with E-state index in [0.717, 1.165) is 41.3 Å². The second-order valence-electron chi connectivity index (χ2n) is 12.8. The minimum atomic E-state index is -1.38. The third-order valence-electron chi connectivity index (χ3n) is 9.33. The number of amides is 3. The Bertz CT molecular complexity index is 1870. The van der Waals surface area contributed by atoms with Crippen LogP contribution < -0.4 is 20.1 Å². The van der Waals surface area contributed by atoms with Crippen molar-refractivity contribution in [3.63, 3.8) is 0 Å². The van der Waals surface area contributed by atoms with Crippen LogP contribution in [0.25, 0.3) is 22.2 Å². The molecule has 3 N–H and O–H groups in total. The van der Waals surface area contributed by atoms with Gasteiger partial charge in [-0.3, -0.25) is 9.48 Å². The number of carbonyl (C=O) groups is 3. The molecule has 256 valence electrons. The number of nitrogens with one attached hydrogen (secondary N) is 2. The Labute approximate surface area is 285 Å². The number of carboxylic acid groups (broad SMARTS) is 1. The molecule has 0 saturated heterocycles. The highest BCUT2D eigenvalue weighted by Crippen LogP contribution is 2.45. The fourth-order valence-corrected chi connectivity index (χ4v) is 6.28. The lowest BCUT2D eigenvalue weighted by Gasteiger charge is -2.25. The normalized spacial score (nSPS) is 21.3. The summed E-state index contributed by atoms with van der Waals surface area (Å²) in [5.74, 6) is -0.722. The molecule has 0 unspecified atom stereocenters. The van der Waals surface area contributed by atoms with Crippen molar-refractivity contribution in [2.75, 3.05) is 27.3 Å². The molecule has 2 aromatic heterocycles. The first-order chi connectivity index (χ1) is 23.7. The van der Waals surface area contributed by atoms with Gasteiger partial charge in [0, 0.05) is 54.7 Å². The second-order valence-corrected chi connectivity index (χ2v) is 12.8. The van der Waals surface area contributed by atoms with Crippen molar-refractivity contribution in [1.29, 1.82) is 0 Å². The highest BCUT2D eigenvalue weighted by molar-refractivity contribution is 5.94. The van der Waals surface area contributed by atoms with Gasteiger partial charge < -0.3 is 30.1 Å². The Balaban J connectivity index is 1.26. The van der Waals surface area contributed by atoms with Gasteiger partial charge in [0.25, 0.3) is 0 Å². The Morgan fingerprint density at radius 3 is 2.71 bits per heavy atom. The van der Waals surface area contributed by atoms with Crippen LogP contribution in [0.4, 0.5) is 4.79 Å². The van der Waals surface area contributed by atoms with E-state index in [1.807, 2.05) is 78.5 Å². The molecule has 12 nitrogen and oxygen atoms in total. The molecule has 3 atom stereocenters. The minimum Gasteiger partial charge on any atom is -0.496 e. The summed E-state index contributed by atoms with van der Waals surface area (Å²) >= 11 is 0. The monoisotopic (exact) mass is 666 g/mol. The lowest BCUT2D eigenvalue weighted by molar-refractivity contribution is -0.143. The van der Waals surface area contributed by atoms with Crippen LogP contribution in [0.15, 0.2) is 73.1 Å². The molecule has 3 amide bonds. The Hall–Kier alpha value is -5.39. The van der Waals surface area contributed by atoms with Crippen molar-refractivity contribution in [3.05, 3.63) is 84.2 Å². The van der Waals surface area contributed by atoms with Crippen molar-refractivity contribution < 1.29 is 29.0 Å². The lowest BCUT2D eigenvalue weighted by atomic mass is 10.1. The number of allylic oxidation sites excluding steroid dienone is 1. The van der Waals surface area contributed by atoms with Crippen LogP contribution in [0.2, 0.25) is 0 Å². The number of hydrogen-bond donors (Lipinski definition) is 3. The first-order valence-electron chi connectivity index (χ1n) is 16.6. The van der Waals surface area contributed by atoms with Crippen molar-refractivity contribution >= 4 is 28.8 Å². The first kappa shape index (κ1) is 33.5. The lowest BCUT2D eigenvalue weighted by Crippen LogP contribution is -2.55. The maximum Gasteiger partial charge on any atom is 0.330 e. The van der Waals surface area contributed by atoms with E-state index in [1.54, 1.807) is 25.3 Å². The van der Waals surface area contributed by atoms with Crippen LogP contribution >= 0.6 is 0 Å². The van der Waals surface area contributed by atoms with Gasteiger partial charge in [-0.2, -0.15) is 5.10 Å². The van der Waals surface area contributed by atoms with Crippen molar-refractivity contribution in [2.24, 2.45) is 5.92 Å². The predicted molar refractivity (Wildman–Crippen MR) is 184 cm³/mol. The van der Waals surface area contributed by atoms with Gasteiger partial charge in [-0.05, 0) is 50.3 Å². The zero-order valence-electron chi connectivity index (χ0n) is 28.0. The number of pyridine rings is 1. The summed E-state index contributed by atoms with van der Waals surface area (Å²) in [4.78, 5) is 45.5. The maximum atomic E-state index is 13.6. The molecular formula is C37H42N6O6. The summed E-state index contributed by atoms with van der Waals surface area (Å²) in [6, 6.07) is 14.2. The molecule has 1 aliphatic carbocycles. The predicted octanol–water partition coefficient (Wildman–Crippen LogP) is 4.94. The van der Waals surface area contributed by atoms with Crippen LogP contribution in [0.5, 0.6) is 11.5 Å². The third kappa shape index (κ3) is 7.38. The number of rotatable bonds is 9. The summed E-state index contributed by atoms with van der Waals surface area (Å²) < 4.78 is 13.8. The van der Waals surface area contributed by atoms with E-state index in [0.29, 0.717) is 42.2 Å². The molecular weight excluding hydrogens is 624 g/mol. The van der Waals surface area contributed by atoms with Crippen LogP contribution in [0, 0.1) is 12.8 Å². The molecule has 2 aliphatic rings. The van der Waals surface area contributed by atoms with Gasteiger partial charge in [-0.15, -0.1) is 0 Å². The number of aryl methyl sites for hydroxylation is 1. The molecule has 0 spiro atoms. The molecule has 0 bridgehead atoms. The quantitative estimate of drug-likeness (QED) is 0.213. The average Bonchev–Trinajstić information content (AvgIpc) is 3.60. The summed E-state index contributed by atoms with van der Waals surface area (Å²) in [7, 11) is 3.29. The zero-order valence-corrected chi connectivity index (χ0v) is 28.0. The third-order valence-corrected chi connectivity index (χ3v) is 9.33. The number of carboxylic acids is 1. The molecule has 49 heavy (non-hydrogen) atoms. The molecule has 4 aromatic rings. The molecule has 3 heterocycles. The van der Waals surface area contributed by atoms with Crippen LogP contribution in [-0.2, 0) is 16.1 Å². The number of ether oxygens (including phenoxy) is 2. The molecule has 1 fully saturated rings. The standard InChI is InChI=1S/C37H42N6O6/c1-24-31(48-3)15-14-28-32(19-30(39-33(24)28)26-21-38-43(23-26)22-25-11-7-6-8-12-25)49-18-16-29-34(44)41-37(35(45)46)20-27(37)13-9-4-5-10-17-42(2)36(47)40-29/h6-9,11-15,19,21,23,27,29H,4-5,10,16-18,20,22H2,1-3H3,(H,40,47)(H,41,44)(H,45,46)/t27-,29+,37-/m1/s1. The number of nitrogens with zero attached hydrogens (tertiary/aromatic N) is 4. The van der Waals surface area contributed by atoms with E-state index in [1.165, 1.54) is 0 Å². The van der Waals surface area contributed by atoms with E-state index in [9.17, 15) is 19.5 Å². The molecule has 12 heteroatoms. The van der Waals surface area contributed by atoms with Gasteiger partial charge in [0.1, 0.15) is 23.1 Å². The first-order valence-corrected chi connectivity index (χ1v) is 16.6. The van der Waals surface area contributed by atoms with Crippen LogP contribution in [-0.4, -0.2) is 81.6 Å². The van der Waals surface area contributed by atoms with E-state index < -0.39 is 29.5 Å². The number of benzene rings is 2. The second kappa shape index (κ2) is 14.4. The van der Waals surface area contributed by atoms with Crippen molar-refractivity contribution in [2.45, 2.75) is 57.2 Å². The topological polar surface area (TPSA) is 148 Å². The number of urea groups is 1. The number of carbonyl (C=O) groups excluding carboxylic acids is 2. The zero-order chi connectivity index (χ0) is 34.5. The summed E-state index contributed by atoms with van der Waals surface area (Å²) in [5, 5.41) is 20.9. The number of aliphatic carboxylic acids is 1. The fourth-order valence-electron chi connectivity index (χ4n) is 6.28. The summed E-state index contributed by atoms with van der Waals surface area (Å²) in [6.07, 6.45) is 10.4. The highest BCUT2D eigenvalue weighted by Gasteiger charge is 2.60. The number of aromatic nitrogens is 3. The molecule has 0 radical (unpaired) electrons. The van der Waals surface area contributed by atoms with Crippen LogP contribution in [0.3, 0.4) is 0 Å². The van der Waals surface area contributed by atoms with Crippen molar-refractivity contribution in [3.8, 4) is 22.8 Å². The van der Waals surface area contributed by atoms with Crippen LogP contribution in [0.1, 0.15) is 43.2 Å². The van der Waals surface area contributed by atoms with Gasteiger partial charge in [-0.25, -0.2) is 14.6 Å². The smallest absolute Gasteiger partial charge is 0.330 e. The van der Waals surface area contributed by atoms with E-state index >= 15 is 0 Å². The van der Waals surface area contributed by atoms with E-state index in [-0.39, 0.29) is 18.9 Å². The molecule has 2 aromatic carbocycles. The van der Waals surface area contributed by atoms with Gasteiger partial charge in [0.15, 0.2) is 0 Å². The number of hydrogen-bond acceptors (Lipinski definition) is 7. The Morgan fingerprint density at radius 1 is 1.12 bits per heavy atom. The molecule has 1 saturated carbocycles. The van der Waals surface area contributed by atoms with Gasteiger partial charge >= 0.3 is 12.0 Å². The highest BCUT2D eigenvalue weighted by atomic mass is 16.5. The SMILES string of the molecule is COc1ccc2c(OCC[C@@H]3NC(=O)N(C)CCCCC=C[C@@H]4C[C@@]4(C(=O)O)NC3=O)cc(-c3cnn(Cc4ccccc4)c3)nc2c1C. The minimum absolute atomic E-state index is 0.0579. The largest absolute Gasteiger partial charge is 0.496 e. The summed E-state index contributed by atoms with van der Waals surface area (Å²) in [6.45, 7) is 3.13. The van der Waals surface area contributed by atoms with E-state index in [4.69, 9.17) is 14.5 Å². The van der Waals surface area contributed by atoms with E-state index in [2.05, 4.69) is 15.7 Å². The van der Waals surface area contributed by atoms with Gasteiger partial charge in [-0.1, -0.05) is 42.5 Å². The summed E-state index contributed by atoms with van der Waals surface area (Å²) in [5.41, 5.74) is 2.74.